The van der Waals surface area contributed by atoms with Gasteiger partial charge in [0.1, 0.15) is 5.82 Å². The van der Waals surface area contributed by atoms with E-state index in [2.05, 4.69) is 16.0 Å². The lowest BCUT2D eigenvalue weighted by Crippen LogP contribution is -1.85. The van der Waals surface area contributed by atoms with Crippen molar-refractivity contribution in [3.05, 3.63) is 59.9 Å². The summed E-state index contributed by atoms with van der Waals surface area (Å²) in [6.07, 6.45) is 2.09. The van der Waals surface area contributed by atoms with Crippen LogP contribution in [0.1, 0.15) is 18.3 Å². The molecule has 2 aromatic carbocycles. The van der Waals surface area contributed by atoms with Gasteiger partial charge in [0, 0.05) is 5.69 Å². The zero-order valence-electron chi connectivity index (χ0n) is 10.7. The largest absolute Gasteiger partial charge is 0.399 e. The minimum absolute atomic E-state index is 0.776. The number of para-hydroxylation sites is 2. The van der Waals surface area contributed by atoms with Gasteiger partial charge >= 0.3 is 0 Å². The summed E-state index contributed by atoms with van der Waals surface area (Å²) in [5, 5.41) is 0. The van der Waals surface area contributed by atoms with Crippen molar-refractivity contribution in [1.29, 1.82) is 0 Å². The summed E-state index contributed by atoms with van der Waals surface area (Å²) >= 11 is 0. The lowest BCUT2D eigenvalue weighted by Gasteiger charge is -1.98. The van der Waals surface area contributed by atoms with Gasteiger partial charge < -0.3 is 10.7 Å². The zero-order chi connectivity index (χ0) is 13.2. The summed E-state index contributed by atoms with van der Waals surface area (Å²) in [6.45, 7) is 2.05. The molecule has 19 heavy (non-hydrogen) atoms. The number of aromatic nitrogens is 2. The first-order valence-corrected chi connectivity index (χ1v) is 6.21. The Hall–Kier alpha value is -2.55. The fourth-order valence-corrected chi connectivity index (χ4v) is 2.05. The fraction of sp³-hybridized carbons (Fsp3) is 0.0625. The summed E-state index contributed by atoms with van der Waals surface area (Å²) in [7, 11) is 0. The highest BCUT2D eigenvalue weighted by Gasteiger charge is 2.03. The molecule has 1 aromatic heterocycles. The monoisotopic (exact) mass is 249 g/mol. The molecule has 0 amide bonds. The molecule has 0 saturated carbocycles. The van der Waals surface area contributed by atoms with Crippen molar-refractivity contribution in [2.45, 2.75) is 6.92 Å². The number of imidazole rings is 1. The van der Waals surface area contributed by atoms with E-state index in [4.69, 9.17) is 5.73 Å². The Kier molecular flexibility index (Phi) is 2.80. The van der Waals surface area contributed by atoms with E-state index in [1.165, 1.54) is 0 Å². The average Bonchev–Trinajstić information content (AvgIpc) is 2.85. The number of aromatic amines is 1. The third kappa shape index (κ3) is 2.36. The molecule has 3 heteroatoms. The van der Waals surface area contributed by atoms with Crippen molar-refractivity contribution < 1.29 is 0 Å². The highest BCUT2D eigenvalue weighted by Crippen LogP contribution is 2.19. The molecule has 3 nitrogen and oxygen atoms in total. The number of nitrogens with two attached hydrogens (primary N) is 1. The number of hydrogen-bond acceptors (Lipinski definition) is 2. The molecule has 0 aliphatic carbocycles. The molecule has 0 bridgehead atoms. The number of allylic oxidation sites excluding steroid dienone is 1. The summed E-state index contributed by atoms with van der Waals surface area (Å²) in [5.74, 6) is 0.901. The van der Waals surface area contributed by atoms with Crippen molar-refractivity contribution >= 4 is 28.4 Å². The van der Waals surface area contributed by atoms with Crippen molar-refractivity contribution in [1.82, 2.24) is 9.97 Å². The van der Waals surface area contributed by atoms with Gasteiger partial charge in [-0.05, 0) is 48.4 Å². The average molecular weight is 249 g/mol. The maximum Gasteiger partial charge on any atom is 0.134 e. The van der Waals surface area contributed by atoms with Crippen molar-refractivity contribution in [2.75, 3.05) is 5.73 Å². The van der Waals surface area contributed by atoms with Crippen molar-refractivity contribution in [2.24, 2.45) is 0 Å². The molecule has 3 N–H and O–H groups in total. The number of nitrogens with one attached hydrogen (secondary N) is 1. The number of benzene rings is 2. The number of anilines is 1. The third-order valence-electron chi connectivity index (χ3n) is 3.08. The zero-order valence-corrected chi connectivity index (χ0v) is 10.7. The Morgan fingerprint density at radius 3 is 2.58 bits per heavy atom. The van der Waals surface area contributed by atoms with E-state index < -0.39 is 0 Å². The van der Waals surface area contributed by atoms with Crippen LogP contribution in [0.15, 0.2) is 48.5 Å². The topological polar surface area (TPSA) is 54.7 Å². The van der Waals surface area contributed by atoms with Crippen LogP contribution in [0, 0.1) is 0 Å². The highest BCUT2D eigenvalue weighted by atomic mass is 14.9. The van der Waals surface area contributed by atoms with Gasteiger partial charge in [-0.2, -0.15) is 0 Å². The van der Waals surface area contributed by atoms with E-state index in [9.17, 15) is 0 Å². The minimum atomic E-state index is 0.776. The van der Waals surface area contributed by atoms with Crippen LogP contribution in [0.25, 0.3) is 22.7 Å². The quantitative estimate of drug-likeness (QED) is 0.680. The molecule has 0 aliphatic heterocycles. The van der Waals surface area contributed by atoms with E-state index in [1.54, 1.807) is 0 Å². The highest BCUT2D eigenvalue weighted by molar-refractivity contribution is 5.83. The predicted octanol–water partition coefficient (Wildman–Crippen LogP) is 3.71. The van der Waals surface area contributed by atoms with Gasteiger partial charge in [0.2, 0.25) is 0 Å². The van der Waals surface area contributed by atoms with Crippen LogP contribution in [0.5, 0.6) is 0 Å². The smallest absolute Gasteiger partial charge is 0.134 e. The Morgan fingerprint density at radius 1 is 1.11 bits per heavy atom. The van der Waals surface area contributed by atoms with Gasteiger partial charge in [0.25, 0.3) is 0 Å². The first kappa shape index (κ1) is 11.5. The SMILES string of the molecule is CC(=Cc1ccc(N)cc1)c1nc2ccccc2[nH]1. The Balaban J connectivity index is 1.98. The lowest BCUT2D eigenvalue weighted by molar-refractivity contribution is 1.26. The third-order valence-corrected chi connectivity index (χ3v) is 3.08. The van der Waals surface area contributed by atoms with Gasteiger partial charge in [0.05, 0.1) is 11.0 Å². The van der Waals surface area contributed by atoms with Crippen LogP contribution >= 0.6 is 0 Å². The fourth-order valence-electron chi connectivity index (χ4n) is 2.05. The first-order chi connectivity index (χ1) is 9.22. The number of rotatable bonds is 2. The maximum atomic E-state index is 5.68. The molecule has 0 spiro atoms. The molecule has 94 valence electrons. The van der Waals surface area contributed by atoms with Gasteiger partial charge in [-0.1, -0.05) is 24.3 Å². The number of nitrogen functional groups attached to an aromatic ring is 1. The van der Waals surface area contributed by atoms with E-state index in [0.717, 1.165) is 33.7 Å². The minimum Gasteiger partial charge on any atom is -0.399 e. The second-order valence-corrected chi connectivity index (χ2v) is 4.60. The maximum absolute atomic E-state index is 5.68. The number of fused-ring (bicyclic) bond motifs is 1. The number of hydrogen-bond donors (Lipinski definition) is 2. The van der Waals surface area contributed by atoms with Crippen LogP contribution in [-0.2, 0) is 0 Å². The Morgan fingerprint density at radius 2 is 1.84 bits per heavy atom. The van der Waals surface area contributed by atoms with Gasteiger partial charge in [-0.3, -0.25) is 0 Å². The van der Waals surface area contributed by atoms with Crippen molar-refractivity contribution in [3.63, 3.8) is 0 Å². The second-order valence-electron chi connectivity index (χ2n) is 4.60. The predicted molar refractivity (Wildman–Crippen MR) is 80.5 cm³/mol. The van der Waals surface area contributed by atoms with Crippen LogP contribution < -0.4 is 5.73 Å². The van der Waals surface area contributed by atoms with E-state index in [1.807, 2.05) is 55.5 Å². The van der Waals surface area contributed by atoms with Crippen LogP contribution in [0.4, 0.5) is 5.69 Å². The molecule has 1 heterocycles. The summed E-state index contributed by atoms with van der Waals surface area (Å²) in [6, 6.07) is 15.8. The Labute approximate surface area is 111 Å². The van der Waals surface area contributed by atoms with Crippen LogP contribution in [0.3, 0.4) is 0 Å². The molecule has 0 atom stereocenters. The molecule has 3 aromatic rings. The van der Waals surface area contributed by atoms with E-state index in [-0.39, 0.29) is 0 Å². The van der Waals surface area contributed by atoms with Crippen LogP contribution in [0.2, 0.25) is 0 Å². The van der Waals surface area contributed by atoms with E-state index >= 15 is 0 Å². The molecule has 0 fully saturated rings. The lowest BCUT2D eigenvalue weighted by atomic mass is 10.1. The molecule has 0 aliphatic rings. The molecule has 0 unspecified atom stereocenters. The first-order valence-electron chi connectivity index (χ1n) is 6.21. The molecule has 0 saturated heterocycles. The number of nitrogens with zero attached hydrogens (tertiary/aromatic N) is 1. The normalized spacial score (nSPS) is 11.9. The number of H-pyrrole nitrogens is 1. The molecule has 0 radical (unpaired) electrons. The molecular weight excluding hydrogens is 234 g/mol. The van der Waals surface area contributed by atoms with Gasteiger partial charge in [-0.25, -0.2) is 4.98 Å². The summed E-state index contributed by atoms with van der Waals surface area (Å²) in [5.41, 5.74) is 10.7. The molecule has 3 rings (SSSR count). The summed E-state index contributed by atoms with van der Waals surface area (Å²) in [4.78, 5) is 7.90. The van der Waals surface area contributed by atoms with Gasteiger partial charge in [0.15, 0.2) is 0 Å². The standard InChI is InChI=1S/C16H15N3/c1-11(10-12-6-8-13(17)9-7-12)16-18-14-4-2-3-5-15(14)19-16/h2-10H,17H2,1H3,(H,18,19). The van der Waals surface area contributed by atoms with Gasteiger partial charge in [-0.15, -0.1) is 0 Å². The van der Waals surface area contributed by atoms with Crippen molar-refractivity contribution in [3.8, 4) is 0 Å². The molecular formula is C16H15N3. The summed E-state index contributed by atoms with van der Waals surface area (Å²) < 4.78 is 0. The van der Waals surface area contributed by atoms with E-state index in [0.29, 0.717) is 0 Å². The second kappa shape index (κ2) is 4.61. The van der Waals surface area contributed by atoms with Crippen LogP contribution in [-0.4, -0.2) is 9.97 Å². The Bertz CT molecular complexity index is 703.